The molecule has 2 saturated heterocycles. The van der Waals surface area contributed by atoms with E-state index in [2.05, 4.69) is 24.6 Å². The Kier molecular flexibility index (Phi) is 6.07. The quantitative estimate of drug-likeness (QED) is 0.494. The molecule has 8 nitrogen and oxygen atoms in total. The van der Waals surface area contributed by atoms with E-state index in [1.54, 1.807) is 32.2 Å². The van der Waals surface area contributed by atoms with Gasteiger partial charge in [-0.1, -0.05) is 0 Å². The maximum Gasteiger partial charge on any atom is 0.418 e. The van der Waals surface area contributed by atoms with Gasteiger partial charge in [-0.15, -0.1) is 0 Å². The smallest absolute Gasteiger partial charge is 0.418 e. The Morgan fingerprint density at radius 1 is 1.20 bits per heavy atom. The van der Waals surface area contributed by atoms with Crippen molar-refractivity contribution in [1.29, 1.82) is 0 Å². The fraction of sp³-hybridized carbons (Fsp3) is 0.435. The number of amides is 1. The van der Waals surface area contributed by atoms with Crippen LogP contribution in [0.4, 0.5) is 24.1 Å². The van der Waals surface area contributed by atoms with Crippen LogP contribution in [0.3, 0.4) is 0 Å². The summed E-state index contributed by atoms with van der Waals surface area (Å²) in [5, 5.41) is 3.38. The number of nitrogens with one attached hydrogen (secondary N) is 1. The number of piperidine rings is 1. The van der Waals surface area contributed by atoms with Crippen LogP contribution < -0.4 is 10.1 Å². The lowest BCUT2D eigenvalue weighted by Gasteiger charge is -2.37. The Hall–Kier alpha value is -3.28. The average Bonchev–Trinajstić information content (AvgIpc) is 3.38. The first kappa shape index (κ1) is 23.5. The fourth-order valence-corrected chi connectivity index (χ4v) is 5.57. The lowest BCUT2D eigenvalue weighted by Crippen LogP contribution is -2.45. The maximum absolute atomic E-state index is 13.3. The summed E-state index contributed by atoms with van der Waals surface area (Å²) in [6, 6.07) is 4.57. The standard InChI is InChI=1S/C23H23F3N6O2S/c1-12-18(4-3-7-27-12)34-19-10-15(23(24,25)26)11-28-21(19)30-22-29-20(31-35-22)14-8-16-5-6-17(9-14)32(16)13(2)33/h3-4,7,10-11,14,16-17H,5-6,8-9H2,1-2H3,(H,28,29,30,31). The number of fused-ring (bicyclic) bond motifs is 2. The molecule has 2 unspecified atom stereocenters. The Bertz CT molecular complexity index is 1240. The van der Waals surface area contributed by atoms with Gasteiger partial charge in [0.2, 0.25) is 11.0 Å². The van der Waals surface area contributed by atoms with Crippen LogP contribution in [0.15, 0.2) is 30.6 Å². The second-order valence-electron chi connectivity index (χ2n) is 8.82. The molecule has 0 aliphatic carbocycles. The van der Waals surface area contributed by atoms with E-state index in [0.717, 1.165) is 49.5 Å². The Labute approximate surface area is 203 Å². The minimum atomic E-state index is -4.57. The lowest BCUT2D eigenvalue weighted by atomic mass is 9.90. The molecule has 2 aliphatic heterocycles. The van der Waals surface area contributed by atoms with Gasteiger partial charge in [-0.3, -0.25) is 9.78 Å². The Morgan fingerprint density at radius 2 is 1.94 bits per heavy atom. The number of hydrogen-bond acceptors (Lipinski definition) is 8. The molecule has 2 bridgehead atoms. The molecule has 3 aromatic rings. The number of carbonyl (C=O) groups excluding carboxylic acids is 1. The van der Waals surface area contributed by atoms with E-state index in [-0.39, 0.29) is 35.5 Å². The van der Waals surface area contributed by atoms with Gasteiger partial charge in [0.05, 0.1) is 11.3 Å². The first-order chi connectivity index (χ1) is 16.7. The van der Waals surface area contributed by atoms with Gasteiger partial charge >= 0.3 is 6.18 Å². The summed E-state index contributed by atoms with van der Waals surface area (Å²) in [7, 11) is 0. The third-order valence-electron chi connectivity index (χ3n) is 6.49. The second kappa shape index (κ2) is 9.06. The average molecular weight is 505 g/mol. The van der Waals surface area contributed by atoms with Crippen LogP contribution in [0, 0.1) is 6.92 Å². The van der Waals surface area contributed by atoms with E-state index < -0.39 is 11.7 Å². The van der Waals surface area contributed by atoms with Gasteiger partial charge in [0.1, 0.15) is 11.6 Å². The minimum absolute atomic E-state index is 0.0930. The molecule has 3 aromatic heterocycles. The van der Waals surface area contributed by atoms with Crippen LogP contribution in [0.25, 0.3) is 0 Å². The predicted octanol–water partition coefficient (Wildman–Crippen LogP) is 5.45. The molecule has 2 fully saturated rings. The zero-order valence-corrected chi connectivity index (χ0v) is 19.9. The predicted molar refractivity (Wildman–Crippen MR) is 123 cm³/mol. The van der Waals surface area contributed by atoms with Gasteiger partial charge in [0.15, 0.2) is 11.6 Å². The first-order valence-electron chi connectivity index (χ1n) is 11.2. The van der Waals surface area contributed by atoms with Crippen LogP contribution in [-0.4, -0.2) is 42.2 Å². The van der Waals surface area contributed by atoms with E-state index in [4.69, 9.17) is 4.74 Å². The molecular formula is C23H23F3N6O2S. The molecule has 5 rings (SSSR count). The molecule has 12 heteroatoms. The fourth-order valence-electron chi connectivity index (χ4n) is 4.92. The number of pyridine rings is 2. The molecule has 0 aromatic carbocycles. The summed E-state index contributed by atoms with van der Waals surface area (Å²) in [6.07, 6.45) is 1.33. The molecule has 2 aliphatic rings. The molecule has 184 valence electrons. The number of hydrogen-bond donors (Lipinski definition) is 1. The zero-order valence-electron chi connectivity index (χ0n) is 19.0. The first-order valence-corrected chi connectivity index (χ1v) is 12.0. The van der Waals surface area contributed by atoms with Crippen LogP contribution in [0.5, 0.6) is 11.5 Å². The normalized spacial score (nSPS) is 21.7. The topological polar surface area (TPSA) is 93.1 Å². The molecule has 0 radical (unpaired) electrons. The van der Waals surface area contributed by atoms with Crippen molar-refractivity contribution in [2.75, 3.05) is 5.32 Å². The van der Waals surface area contributed by atoms with Crippen LogP contribution in [-0.2, 0) is 11.0 Å². The molecule has 1 N–H and O–H groups in total. The van der Waals surface area contributed by atoms with Crippen LogP contribution in [0.1, 0.15) is 55.6 Å². The minimum Gasteiger partial charge on any atom is -0.452 e. The molecular weight excluding hydrogens is 481 g/mol. The number of rotatable bonds is 5. The number of anilines is 2. The highest BCUT2D eigenvalue weighted by atomic mass is 32.1. The third kappa shape index (κ3) is 4.79. The van der Waals surface area contributed by atoms with Gasteiger partial charge in [-0.25, -0.2) is 9.97 Å². The van der Waals surface area contributed by atoms with E-state index >= 15 is 0 Å². The third-order valence-corrected chi connectivity index (χ3v) is 7.13. The van der Waals surface area contributed by atoms with E-state index in [9.17, 15) is 18.0 Å². The van der Waals surface area contributed by atoms with Crippen molar-refractivity contribution in [2.24, 2.45) is 0 Å². The summed E-state index contributed by atoms with van der Waals surface area (Å²) in [5.41, 5.74) is -0.397. The summed E-state index contributed by atoms with van der Waals surface area (Å²) in [6.45, 7) is 3.31. The van der Waals surface area contributed by atoms with Gasteiger partial charge < -0.3 is 15.0 Å². The summed E-state index contributed by atoms with van der Waals surface area (Å²) in [4.78, 5) is 26.6. The largest absolute Gasteiger partial charge is 0.452 e. The van der Waals surface area contributed by atoms with Gasteiger partial charge in [-0.2, -0.15) is 17.5 Å². The molecule has 0 saturated carbocycles. The van der Waals surface area contributed by atoms with Crippen molar-refractivity contribution in [3.05, 3.63) is 47.7 Å². The van der Waals surface area contributed by atoms with E-state index in [1.165, 1.54) is 0 Å². The Balaban J connectivity index is 1.38. The molecule has 0 spiro atoms. The van der Waals surface area contributed by atoms with Crippen molar-refractivity contribution in [3.63, 3.8) is 0 Å². The summed E-state index contributed by atoms with van der Waals surface area (Å²) < 4.78 is 50.2. The van der Waals surface area contributed by atoms with E-state index in [0.29, 0.717) is 22.4 Å². The Morgan fingerprint density at radius 3 is 2.60 bits per heavy atom. The lowest BCUT2D eigenvalue weighted by molar-refractivity contribution is -0.138. The molecule has 1 amide bonds. The van der Waals surface area contributed by atoms with Crippen molar-refractivity contribution >= 4 is 28.4 Å². The van der Waals surface area contributed by atoms with Gasteiger partial charge in [0, 0.05) is 48.9 Å². The monoisotopic (exact) mass is 504 g/mol. The van der Waals surface area contributed by atoms with Gasteiger partial charge in [-0.05, 0) is 50.8 Å². The molecule has 35 heavy (non-hydrogen) atoms. The van der Waals surface area contributed by atoms with Gasteiger partial charge in [0.25, 0.3) is 0 Å². The highest BCUT2D eigenvalue weighted by Crippen LogP contribution is 2.43. The number of aryl methyl sites for hydroxylation is 1. The van der Waals surface area contributed by atoms with Crippen molar-refractivity contribution in [2.45, 2.75) is 63.7 Å². The number of carbonyl (C=O) groups is 1. The summed E-state index contributed by atoms with van der Waals surface area (Å²) >= 11 is 1.11. The molecule has 5 heterocycles. The number of nitrogens with zero attached hydrogens (tertiary/aromatic N) is 5. The second-order valence-corrected chi connectivity index (χ2v) is 9.57. The number of aromatic nitrogens is 4. The highest BCUT2D eigenvalue weighted by Gasteiger charge is 2.43. The number of alkyl halides is 3. The van der Waals surface area contributed by atoms with Crippen molar-refractivity contribution in [1.82, 2.24) is 24.2 Å². The van der Waals surface area contributed by atoms with Crippen LogP contribution >= 0.6 is 11.5 Å². The van der Waals surface area contributed by atoms with Crippen molar-refractivity contribution in [3.8, 4) is 11.5 Å². The summed E-state index contributed by atoms with van der Waals surface area (Å²) in [5.74, 6) is 1.23. The van der Waals surface area contributed by atoms with Crippen molar-refractivity contribution < 1.29 is 22.7 Å². The number of ether oxygens (including phenoxy) is 1. The molecule has 2 atom stereocenters. The SMILES string of the molecule is CC(=O)N1C2CCC1CC(c1nsc(Nc3ncc(C(F)(F)F)cc3Oc3cccnc3C)n1)C2. The van der Waals surface area contributed by atoms with Crippen LogP contribution in [0.2, 0.25) is 0 Å². The highest BCUT2D eigenvalue weighted by molar-refractivity contribution is 7.09. The number of halogens is 3. The maximum atomic E-state index is 13.3. The van der Waals surface area contributed by atoms with E-state index in [1.807, 2.05) is 4.90 Å². The zero-order chi connectivity index (χ0) is 24.7.